The standard InChI is InChI=1S/C19H22N2O2/c22-19(12-11-15-7-5-13-20-15)21-16-6-4-10-18(14-16)23-17-8-2-1-3-9-17/h1-4,6,8-10,14-15,20H,5,7,11-13H2,(H,21,22). The second kappa shape index (κ2) is 7.79. The maximum absolute atomic E-state index is 12.1. The van der Waals surface area contributed by atoms with E-state index in [1.54, 1.807) is 0 Å². The quantitative estimate of drug-likeness (QED) is 0.849. The van der Waals surface area contributed by atoms with Gasteiger partial charge in [-0.25, -0.2) is 0 Å². The van der Waals surface area contributed by atoms with E-state index in [4.69, 9.17) is 4.74 Å². The molecule has 120 valence electrons. The molecule has 0 saturated carbocycles. The zero-order chi connectivity index (χ0) is 15.9. The van der Waals surface area contributed by atoms with E-state index in [9.17, 15) is 4.79 Å². The van der Waals surface area contributed by atoms with Crippen molar-refractivity contribution in [3.05, 3.63) is 54.6 Å². The molecule has 3 rings (SSSR count). The van der Waals surface area contributed by atoms with Gasteiger partial charge in [0.25, 0.3) is 0 Å². The van der Waals surface area contributed by atoms with Crippen LogP contribution in [0.5, 0.6) is 11.5 Å². The van der Waals surface area contributed by atoms with Crippen molar-refractivity contribution >= 4 is 11.6 Å². The van der Waals surface area contributed by atoms with Crippen LogP contribution >= 0.6 is 0 Å². The van der Waals surface area contributed by atoms with Crippen LogP contribution in [-0.2, 0) is 4.79 Å². The molecule has 4 heteroatoms. The Bertz CT molecular complexity index is 637. The first kappa shape index (κ1) is 15.6. The Morgan fingerprint density at radius 1 is 1.13 bits per heavy atom. The predicted octanol–water partition coefficient (Wildman–Crippen LogP) is 3.95. The minimum atomic E-state index is 0.0514. The first-order chi connectivity index (χ1) is 11.3. The lowest BCUT2D eigenvalue weighted by Crippen LogP contribution is -2.23. The van der Waals surface area contributed by atoms with Crippen LogP contribution in [0.15, 0.2) is 54.6 Å². The summed E-state index contributed by atoms with van der Waals surface area (Å²) >= 11 is 0. The first-order valence-corrected chi connectivity index (χ1v) is 8.16. The second-order valence-corrected chi connectivity index (χ2v) is 5.82. The number of anilines is 1. The van der Waals surface area contributed by atoms with Gasteiger partial charge < -0.3 is 15.4 Å². The van der Waals surface area contributed by atoms with E-state index in [2.05, 4.69) is 10.6 Å². The Labute approximate surface area is 136 Å². The molecule has 4 nitrogen and oxygen atoms in total. The summed E-state index contributed by atoms with van der Waals surface area (Å²) in [7, 11) is 0. The monoisotopic (exact) mass is 310 g/mol. The van der Waals surface area contributed by atoms with Crippen LogP contribution in [-0.4, -0.2) is 18.5 Å². The van der Waals surface area contributed by atoms with Crippen molar-refractivity contribution in [2.45, 2.75) is 31.7 Å². The zero-order valence-electron chi connectivity index (χ0n) is 13.1. The average Bonchev–Trinajstić information content (AvgIpc) is 3.08. The van der Waals surface area contributed by atoms with E-state index in [1.165, 1.54) is 12.8 Å². The molecule has 0 bridgehead atoms. The largest absolute Gasteiger partial charge is 0.457 e. The van der Waals surface area contributed by atoms with Gasteiger partial charge in [0.1, 0.15) is 11.5 Å². The fraction of sp³-hybridized carbons (Fsp3) is 0.316. The third kappa shape index (κ3) is 4.83. The van der Waals surface area contributed by atoms with E-state index >= 15 is 0 Å². The Kier molecular flexibility index (Phi) is 5.27. The zero-order valence-corrected chi connectivity index (χ0v) is 13.1. The molecule has 1 aliphatic heterocycles. The summed E-state index contributed by atoms with van der Waals surface area (Å²) in [4.78, 5) is 12.1. The number of para-hydroxylation sites is 1. The van der Waals surface area contributed by atoms with Gasteiger partial charge >= 0.3 is 0 Å². The molecule has 0 spiro atoms. The van der Waals surface area contributed by atoms with Gasteiger partial charge in [0, 0.05) is 24.2 Å². The Balaban J connectivity index is 1.53. The molecule has 0 aromatic heterocycles. The molecule has 1 saturated heterocycles. The Morgan fingerprint density at radius 2 is 1.96 bits per heavy atom. The van der Waals surface area contributed by atoms with Crippen LogP contribution in [0.1, 0.15) is 25.7 Å². The van der Waals surface area contributed by atoms with Crippen molar-refractivity contribution in [1.29, 1.82) is 0 Å². The molecule has 1 fully saturated rings. The van der Waals surface area contributed by atoms with E-state index in [0.717, 1.165) is 24.4 Å². The third-order valence-electron chi connectivity index (χ3n) is 3.98. The van der Waals surface area contributed by atoms with Crippen molar-refractivity contribution < 1.29 is 9.53 Å². The van der Waals surface area contributed by atoms with Crippen LogP contribution in [0, 0.1) is 0 Å². The molecule has 2 aromatic carbocycles. The highest BCUT2D eigenvalue weighted by Crippen LogP contribution is 2.24. The number of amides is 1. The van der Waals surface area contributed by atoms with Crippen LogP contribution in [0.25, 0.3) is 0 Å². The van der Waals surface area contributed by atoms with Crippen molar-refractivity contribution in [2.24, 2.45) is 0 Å². The highest BCUT2D eigenvalue weighted by Gasteiger charge is 2.15. The first-order valence-electron chi connectivity index (χ1n) is 8.16. The molecular formula is C19H22N2O2. The summed E-state index contributed by atoms with van der Waals surface area (Å²) < 4.78 is 5.78. The molecular weight excluding hydrogens is 288 g/mol. The van der Waals surface area contributed by atoms with Gasteiger partial charge in [0.15, 0.2) is 0 Å². The van der Waals surface area contributed by atoms with E-state index in [-0.39, 0.29) is 5.91 Å². The molecule has 0 aliphatic carbocycles. The Hall–Kier alpha value is -2.33. The van der Waals surface area contributed by atoms with Gasteiger partial charge in [-0.15, -0.1) is 0 Å². The van der Waals surface area contributed by atoms with Gasteiger partial charge in [-0.3, -0.25) is 4.79 Å². The predicted molar refractivity (Wildman–Crippen MR) is 91.8 cm³/mol. The number of hydrogen-bond acceptors (Lipinski definition) is 3. The number of nitrogens with one attached hydrogen (secondary N) is 2. The van der Waals surface area contributed by atoms with Gasteiger partial charge in [-0.05, 0) is 50.1 Å². The van der Waals surface area contributed by atoms with Gasteiger partial charge in [-0.2, -0.15) is 0 Å². The fourth-order valence-corrected chi connectivity index (χ4v) is 2.79. The molecule has 2 aromatic rings. The highest BCUT2D eigenvalue weighted by molar-refractivity contribution is 5.90. The van der Waals surface area contributed by atoms with Crippen molar-refractivity contribution in [2.75, 3.05) is 11.9 Å². The normalized spacial score (nSPS) is 17.0. The number of ether oxygens (including phenoxy) is 1. The van der Waals surface area contributed by atoms with E-state index < -0.39 is 0 Å². The maximum atomic E-state index is 12.1. The molecule has 1 aliphatic rings. The molecule has 0 radical (unpaired) electrons. The summed E-state index contributed by atoms with van der Waals surface area (Å²) in [6.07, 6.45) is 3.83. The van der Waals surface area contributed by atoms with Gasteiger partial charge in [-0.1, -0.05) is 24.3 Å². The number of carbonyl (C=O) groups excluding carboxylic acids is 1. The lowest BCUT2D eigenvalue weighted by atomic mass is 10.1. The molecule has 1 heterocycles. The van der Waals surface area contributed by atoms with Crippen LogP contribution in [0.4, 0.5) is 5.69 Å². The number of rotatable bonds is 6. The van der Waals surface area contributed by atoms with Crippen LogP contribution in [0.3, 0.4) is 0 Å². The molecule has 1 unspecified atom stereocenters. The van der Waals surface area contributed by atoms with Crippen LogP contribution in [0.2, 0.25) is 0 Å². The lowest BCUT2D eigenvalue weighted by Gasteiger charge is -2.11. The molecule has 1 atom stereocenters. The molecule has 23 heavy (non-hydrogen) atoms. The minimum absolute atomic E-state index is 0.0514. The summed E-state index contributed by atoms with van der Waals surface area (Å²) in [6, 6.07) is 17.6. The summed E-state index contributed by atoms with van der Waals surface area (Å²) in [5.74, 6) is 1.55. The van der Waals surface area contributed by atoms with Crippen molar-refractivity contribution in [1.82, 2.24) is 5.32 Å². The molecule has 2 N–H and O–H groups in total. The van der Waals surface area contributed by atoms with Gasteiger partial charge in [0.05, 0.1) is 0 Å². The van der Waals surface area contributed by atoms with Crippen LogP contribution < -0.4 is 15.4 Å². The third-order valence-corrected chi connectivity index (χ3v) is 3.98. The van der Waals surface area contributed by atoms with Crippen molar-refractivity contribution in [3.63, 3.8) is 0 Å². The SMILES string of the molecule is O=C(CCC1CCCN1)Nc1cccc(Oc2ccccc2)c1. The highest BCUT2D eigenvalue weighted by atomic mass is 16.5. The minimum Gasteiger partial charge on any atom is -0.457 e. The number of carbonyl (C=O) groups is 1. The smallest absolute Gasteiger partial charge is 0.224 e. The second-order valence-electron chi connectivity index (χ2n) is 5.82. The van der Waals surface area contributed by atoms with E-state index in [1.807, 2.05) is 54.6 Å². The summed E-state index contributed by atoms with van der Waals surface area (Å²) in [5, 5.41) is 6.36. The number of hydrogen-bond donors (Lipinski definition) is 2. The van der Waals surface area contributed by atoms with Gasteiger partial charge in [0.2, 0.25) is 5.91 Å². The summed E-state index contributed by atoms with van der Waals surface area (Å²) in [6.45, 7) is 1.07. The lowest BCUT2D eigenvalue weighted by molar-refractivity contribution is -0.116. The fourth-order valence-electron chi connectivity index (χ4n) is 2.79. The topological polar surface area (TPSA) is 50.4 Å². The Morgan fingerprint density at radius 3 is 2.74 bits per heavy atom. The number of benzene rings is 2. The molecule has 1 amide bonds. The maximum Gasteiger partial charge on any atom is 0.224 e. The summed E-state index contributed by atoms with van der Waals surface area (Å²) in [5.41, 5.74) is 0.766. The van der Waals surface area contributed by atoms with Crippen molar-refractivity contribution in [3.8, 4) is 11.5 Å². The van der Waals surface area contributed by atoms with E-state index in [0.29, 0.717) is 18.2 Å². The average molecular weight is 310 g/mol.